The lowest BCUT2D eigenvalue weighted by atomic mass is 10.0. The fraction of sp³-hybridized carbons (Fsp3) is 0.263. The minimum atomic E-state index is -0.608. The van der Waals surface area contributed by atoms with E-state index in [9.17, 15) is 9.18 Å². The SMILES string of the molecule is CCn1c(=O)c(-c2cc(N)c(F)cc2Cl)cc2cnc(NCCSC)cc21. The lowest BCUT2D eigenvalue weighted by Gasteiger charge is -2.14. The van der Waals surface area contributed by atoms with Gasteiger partial charge in [0.25, 0.3) is 5.56 Å². The molecule has 3 rings (SSSR count). The number of nitrogens with zero attached hydrogens (tertiary/aromatic N) is 2. The predicted molar refractivity (Wildman–Crippen MR) is 113 cm³/mol. The predicted octanol–water partition coefficient (Wildman–Crippen LogP) is 4.23. The van der Waals surface area contributed by atoms with Gasteiger partial charge in [-0.2, -0.15) is 11.8 Å². The fourth-order valence-corrected chi connectivity index (χ4v) is 3.49. The van der Waals surface area contributed by atoms with Crippen molar-refractivity contribution in [3.05, 3.63) is 51.7 Å². The molecule has 0 amide bonds. The van der Waals surface area contributed by atoms with Gasteiger partial charge in [-0.05, 0) is 31.4 Å². The Kier molecular flexibility index (Phi) is 5.92. The highest BCUT2D eigenvalue weighted by atomic mass is 35.5. The molecule has 8 heteroatoms. The van der Waals surface area contributed by atoms with Crippen LogP contribution >= 0.6 is 23.4 Å². The van der Waals surface area contributed by atoms with Gasteiger partial charge in [-0.3, -0.25) is 4.79 Å². The van der Waals surface area contributed by atoms with Crippen LogP contribution in [0.5, 0.6) is 0 Å². The number of aromatic nitrogens is 2. The van der Waals surface area contributed by atoms with Crippen molar-refractivity contribution in [1.82, 2.24) is 9.55 Å². The van der Waals surface area contributed by atoms with Crippen LogP contribution in [0.15, 0.2) is 35.3 Å². The Morgan fingerprint density at radius 2 is 2.07 bits per heavy atom. The topological polar surface area (TPSA) is 72.9 Å². The standard InChI is InChI=1S/C19H20ClFN4OS/c1-3-25-17-9-18(23-4-5-27-2)24-10-11(17)6-13(19(25)26)12-7-16(22)15(21)8-14(12)20/h6-10H,3-5,22H2,1-2H3,(H,23,24). The first-order valence-electron chi connectivity index (χ1n) is 8.47. The summed E-state index contributed by atoms with van der Waals surface area (Å²) in [5.74, 6) is 1.07. The van der Waals surface area contributed by atoms with E-state index < -0.39 is 5.82 Å². The van der Waals surface area contributed by atoms with E-state index in [1.165, 1.54) is 6.07 Å². The zero-order valence-corrected chi connectivity index (χ0v) is 16.6. The van der Waals surface area contributed by atoms with Gasteiger partial charge in [-0.25, -0.2) is 9.37 Å². The van der Waals surface area contributed by atoms with Crippen LogP contribution in [0.25, 0.3) is 22.0 Å². The second-order valence-corrected chi connectivity index (χ2v) is 7.40. The lowest BCUT2D eigenvalue weighted by molar-refractivity contribution is 0.633. The summed E-state index contributed by atoms with van der Waals surface area (Å²) in [6.45, 7) is 3.16. The van der Waals surface area contributed by atoms with Crippen LogP contribution in [-0.2, 0) is 6.54 Å². The maximum Gasteiger partial charge on any atom is 0.258 e. The maximum absolute atomic E-state index is 13.6. The average molecular weight is 407 g/mol. The molecule has 2 aromatic heterocycles. The first-order chi connectivity index (χ1) is 13.0. The number of halogens is 2. The Hall–Kier alpha value is -2.25. The molecular formula is C19H20ClFN4OS. The second-order valence-electron chi connectivity index (χ2n) is 6.01. The highest BCUT2D eigenvalue weighted by Gasteiger charge is 2.15. The molecule has 1 aromatic carbocycles. The minimum absolute atomic E-state index is 0.0524. The van der Waals surface area contributed by atoms with Crippen LogP contribution in [0.1, 0.15) is 6.92 Å². The third-order valence-electron chi connectivity index (χ3n) is 4.28. The van der Waals surface area contributed by atoms with Crippen LogP contribution in [0.3, 0.4) is 0 Å². The summed E-state index contributed by atoms with van der Waals surface area (Å²) in [6, 6.07) is 6.11. The number of nitrogen functional groups attached to an aromatic ring is 1. The molecule has 0 aliphatic carbocycles. The maximum atomic E-state index is 13.6. The average Bonchev–Trinajstić information content (AvgIpc) is 2.65. The summed E-state index contributed by atoms with van der Waals surface area (Å²) in [5.41, 5.74) is 6.96. The third-order valence-corrected chi connectivity index (χ3v) is 5.21. The molecule has 0 spiro atoms. The first-order valence-corrected chi connectivity index (χ1v) is 10.2. The summed E-state index contributed by atoms with van der Waals surface area (Å²) in [5, 5.41) is 4.19. The molecule has 0 atom stereocenters. The molecule has 0 fully saturated rings. The monoisotopic (exact) mass is 406 g/mol. The molecular weight excluding hydrogens is 387 g/mol. The molecule has 0 saturated heterocycles. The number of nitrogens with one attached hydrogen (secondary N) is 1. The number of anilines is 2. The van der Waals surface area contributed by atoms with E-state index in [4.69, 9.17) is 17.3 Å². The van der Waals surface area contributed by atoms with Crippen LogP contribution in [-0.4, -0.2) is 28.1 Å². The zero-order valence-electron chi connectivity index (χ0n) is 15.1. The second kappa shape index (κ2) is 8.19. The van der Waals surface area contributed by atoms with E-state index in [2.05, 4.69) is 10.3 Å². The number of hydrogen-bond donors (Lipinski definition) is 2. The Morgan fingerprint density at radius 3 is 2.78 bits per heavy atom. The van der Waals surface area contributed by atoms with Crippen molar-refractivity contribution in [2.75, 3.05) is 29.6 Å². The van der Waals surface area contributed by atoms with Crippen molar-refractivity contribution >= 4 is 45.8 Å². The van der Waals surface area contributed by atoms with E-state index in [1.807, 2.05) is 19.2 Å². The Balaban J connectivity index is 2.17. The van der Waals surface area contributed by atoms with Gasteiger partial charge in [0.05, 0.1) is 16.2 Å². The van der Waals surface area contributed by atoms with Gasteiger partial charge in [0.2, 0.25) is 0 Å². The highest BCUT2D eigenvalue weighted by Crippen LogP contribution is 2.31. The lowest BCUT2D eigenvalue weighted by Crippen LogP contribution is -2.22. The van der Waals surface area contributed by atoms with Gasteiger partial charge < -0.3 is 15.6 Å². The van der Waals surface area contributed by atoms with Crippen molar-refractivity contribution in [2.45, 2.75) is 13.5 Å². The number of rotatable bonds is 6. The molecule has 0 saturated carbocycles. The molecule has 0 unspecified atom stereocenters. The first kappa shape index (κ1) is 19.5. The van der Waals surface area contributed by atoms with E-state index in [1.54, 1.807) is 28.6 Å². The van der Waals surface area contributed by atoms with E-state index in [0.717, 1.165) is 35.1 Å². The molecule has 0 bridgehead atoms. The van der Waals surface area contributed by atoms with Crippen LogP contribution in [0.4, 0.5) is 15.9 Å². The smallest absolute Gasteiger partial charge is 0.258 e. The van der Waals surface area contributed by atoms with E-state index in [-0.39, 0.29) is 16.3 Å². The molecule has 3 aromatic rings. The van der Waals surface area contributed by atoms with Gasteiger partial charge in [0, 0.05) is 47.6 Å². The summed E-state index contributed by atoms with van der Waals surface area (Å²) in [7, 11) is 0. The fourth-order valence-electron chi connectivity index (χ4n) is 2.93. The van der Waals surface area contributed by atoms with Crippen LogP contribution in [0, 0.1) is 5.82 Å². The molecule has 0 aliphatic heterocycles. The summed E-state index contributed by atoms with van der Waals surface area (Å²) in [4.78, 5) is 17.5. The van der Waals surface area contributed by atoms with Crippen molar-refractivity contribution in [1.29, 1.82) is 0 Å². The highest BCUT2D eigenvalue weighted by molar-refractivity contribution is 7.98. The van der Waals surface area contributed by atoms with Gasteiger partial charge in [-0.15, -0.1) is 0 Å². The normalized spacial score (nSPS) is 11.1. The molecule has 0 radical (unpaired) electrons. The number of thioether (sulfide) groups is 1. The van der Waals surface area contributed by atoms with Crippen LogP contribution < -0.4 is 16.6 Å². The van der Waals surface area contributed by atoms with Gasteiger partial charge in [0.1, 0.15) is 11.6 Å². The number of aryl methyl sites for hydroxylation is 1. The molecule has 0 aliphatic rings. The number of hydrogen-bond acceptors (Lipinski definition) is 5. The largest absolute Gasteiger partial charge is 0.396 e. The van der Waals surface area contributed by atoms with Crippen LogP contribution in [0.2, 0.25) is 5.02 Å². The summed E-state index contributed by atoms with van der Waals surface area (Å²) >= 11 is 7.92. The third kappa shape index (κ3) is 3.89. The van der Waals surface area contributed by atoms with Gasteiger partial charge in [-0.1, -0.05) is 11.6 Å². The Morgan fingerprint density at radius 1 is 1.30 bits per heavy atom. The van der Waals surface area contributed by atoms with Crippen molar-refractivity contribution in [3.8, 4) is 11.1 Å². The quantitative estimate of drug-likeness (QED) is 0.473. The minimum Gasteiger partial charge on any atom is -0.396 e. The van der Waals surface area contributed by atoms with Crippen molar-refractivity contribution in [2.24, 2.45) is 0 Å². The molecule has 5 nitrogen and oxygen atoms in total. The number of benzene rings is 1. The molecule has 3 N–H and O–H groups in total. The number of fused-ring (bicyclic) bond motifs is 1. The molecule has 27 heavy (non-hydrogen) atoms. The number of pyridine rings is 2. The zero-order chi connectivity index (χ0) is 19.6. The van der Waals surface area contributed by atoms with E-state index >= 15 is 0 Å². The van der Waals surface area contributed by atoms with Crippen molar-refractivity contribution < 1.29 is 4.39 Å². The molecule has 2 heterocycles. The van der Waals surface area contributed by atoms with Gasteiger partial charge >= 0.3 is 0 Å². The Labute approximate surface area is 165 Å². The summed E-state index contributed by atoms with van der Waals surface area (Å²) in [6.07, 6.45) is 3.76. The number of nitrogens with two attached hydrogens (primary N) is 1. The Bertz CT molecular complexity index is 1050. The summed E-state index contributed by atoms with van der Waals surface area (Å²) < 4.78 is 15.3. The van der Waals surface area contributed by atoms with Crippen molar-refractivity contribution in [3.63, 3.8) is 0 Å². The molecule has 142 valence electrons. The van der Waals surface area contributed by atoms with Gasteiger partial charge in [0.15, 0.2) is 0 Å². The van der Waals surface area contributed by atoms with E-state index in [0.29, 0.717) is 17.7 Å².